The lowest BCUT2D eigenvalue weighted by Gasteiger charge is -2.59. The third-order valence-corrected chi connectivity index (χ3v) is 11.3. The summed E-state index contributed by atoms with van der Waals surface area (Å²) in [5.74, 6) is 7.18. The summed E-state index contributed by atoms with van der Waals surface area (Å²) < 4.78 is 0. The molecule has 3 fully saturated rings. The number of carbonyl (C=O) groups is 1. The molecular formula is C29H48O. The number of hydrogen-bond donors (Lipinski definition) is 0. The van der Waals surface area contributed by atoms with E-state index in [1.165, 1.54) is 57.8 Å². The Balaban J connectivity index is 1.47. The Morgan fingerprint density at radius 1 is 1.00 bits per heavy atom. The lowest BCUT2D eigenvalue weighted by Crippen LogP contribution is -2.52. The Hall–Kier alpha value is -0.590. The van der Waals surface area contributed by atoms with Crippen molar-refractivity contribution in [2.45, 2.75) is 106 Å². The molecule has 170 valence electrons. The van der Waals surface area contributed by atoms with Gasteiger partial charge >= 0.3 is 0 Å². The van der Waals surface area contributed by atoms with Gasteiger partial charge in [-0.1, -0.05) is 60.5 Å². The molecule has 30 heavy (non-hydrogen) atoms. The highest BCUT2D eigenvalue weighted by molar-refractivity contribution is 5.91. The van der Waals surface area contributed by atoms with E-state index >= 15 is 0 Å². The maximum Gasteiger partial charge on any atom is 0.155 e. The topological polar surface area (TPSA) is 17.1 Å². The van der Waals surface area contributed by atoms with Crippen LogP contribution in [0.15, 0.2) is 12.2 Å². The van der Waals surface area contributed by atoms with E-state index in [1.807, 2.05) is 6.08 Å². The van der Waals surface area contributed by atoms with Gasteiger partial charge in [0.15, 0.2) is 5.78 Å². The molecule has 0 aromatic heterocycles. The minimum absolute atomic E-state index is 0.285. The molecule has 0 radical (unpaired) electrons. The van der Waals surface area contributed by atoms with Gasteiger partial charge in [-0.3, -0.25) is 4.79 Å². The number of fused-ring (bicyclic) bond motifs is 5. The van der Waals surface area contributed by atoms with Gasteiger partial charge in [-0.15, -0.1) is 0 Å². The minimum Gasteiger partial charge on any atom is -0.295 e. The van der Waals surface area contributed by atoms with Crippen molar-refractivity contribution in [2.24, 2.45) is 58.2 Å². The van der Waals surface area contributed by atoms with Crippen LogP contribution in [0.5, 0.6) is 0 Å². The predicted octanol–water partition coefficient (Wildman–Crippen LogP) is 8.09. The number of ketones is 1. The average Bonchev–Trinajstić information content (AvgIpc) is 3.06. The van der Waals surface area contributed by atoms with Crippen molar-refractivity contribution in [3.05, 3.63) is 12.2 Å². The van der Waals surface area contributed by atoms with E-state index < -0.39 is 0 Å². The van der Waals surface area contributed by atoms with Crippen molar-refractivity contribution in [1.82, 2.24) is 0 Å². The molecule has 1 unspecified atom stereocenters. The molecule has 0 aromatic carbocycles. The normalized spacial score (nSPS) is 45.0. The second-order valence-electron chi connectivity index (χ2n) is 12.7. The molecule has 0 heterocycles. The van der Waals surface area contributed by atoms with Gasteiger partial charge in [0.2, 0.25) is 0 Å². The number of rotatable bonds is 6. The van der Waals surface area contributed by atoms with Gasteiger partial charge in [0.05, 0.1) is 0 Å². The third kappa shape index (κ3) is 3.65. The second kappa shape index (κ2) is 8.40. The fourth-order valence-electron chi connectivity index (χ4n) is 9.30. The van der Waals surface area contributed by atoms with Crippen LogP contribution in [0.1, 0.15) is 106 Å². The van der Waals surface area contributed by atoms with Gasteiger partial charge in [-0.25, -0.2) is 0 Å². The molecule has 0 spiro atoms. The highest BCUT2D eigenvalue weighted by Crippen LogP contribution is 2.67. The molecule has 3 saturated carbocycles. The van der Waals surface area contributed by atoms with Crippen molar-refractivity contribution in [3.8, 4) is 0 Å². The summed E-state index contributed by atoms with van der Waals surface area (Å²) in [6.07, 6.45) is 17.7. The van der Waals surface area contributed by atoms with E-state index in [9.17, 15) is 4.79 Å². The fourth-order valence-corrected chi connectivity index (χ4v) is 9.30. The summed E-state index contributed by atoms with van der Waals surface area (Å²) in [5.41, 5.74) is 0.852. The van der Waals surface area contributed by atoms with Crippen LogP contribution < -0.4 is 0 Å². The molecular weight excluding hydrogens is 364 g/mol. The first-order valence-corrected chi connectivity index (χ1v) is 13.4. The SMILES string of the molecule is CC[C@H](CC[C@@H](C)[C@H]1CC[C@H]2[C@@H]3CCC4CC(=O)C=C[C@]4(C)[C@H]3CC[C@]12C)C(C)C. The summed E-state index contributed by atoms with van der Waals surface area (Å²) in [4.78, 5) is 12.1. The van der Waals surface area contributed by atoms with Crippen LogP contribution in [0.2, 0.25) is 0 Å². The largest absolute Gasteiger partial charge is 0.295 e. The molecule has 4 aliphatic carbocycles. The van der Waals surface area contributed by atoms with Crippen molar-refractivity contribution in [3.63, 3.8) is 0 Å². The zero-order valence-corrected chi connectivity index (χ0v) is 20.8. The Labute approximate surface area is 186 Å². The molecule has 0 saturated heterocycles. The van der Waals surface area contributed by atoms with Crippen LogP contribution in [0, 0.1) is 58.2 Å². The highest BCUT2D eigenvalue weighted by Gasteiger charge is 2.59. The number of carbonyl (C=O) groups excluding carboxylic acids is 1. The summed E-state index contributed by atoms with van der Waals surface area (Å²) >= 11 is 0. The predicted molar refractivity (Wildman–Crippen MR) is 127 cm³/mol. The maximum atomic E-state index is 12.1. The molecule has 0 N–H and O–H groups in total. The summed E-state index contributed by atoms with van der Waals surface area (Å²) in [7, 11) is 0. The second-order valence-corrected chi connectivity index (χ2v) is 12.7. The molecule has 0 bridgehead atoms. The zero-order chi connectivity index (χ0) is 21.7. The maximum absolute atomic E-state index is 12.1. The van der Waals surface area contributed by atoms with E-state index in [0.717, 1.165) is 47.8 Å². The first kappa shape index (κ1) is 22.6. The highest BCUT2D eigenvalue weighted by atomic mass is 16.1. The van der Waals surface area contributed by atoms with E-state index in [4.69, 9.17) is 0 Å². The van der Waals surface area contributed by atoms with Gasteiger partial charge in [-0.2, -0.15) is 0 Å². The summed E-state index contributed by atoms with van der Waals surface area (Å²) in [6, 6.07) is 0. The van der Waals surface area contributed by atoms with E-state index in [2.05, 4.69) is 47.6 Å². The fraction of sp³-hybridized carbons (Fsp3) is 0.897. The van der Waals surface area contributed by atoms with Crippen LogP contribution in [-0.2, 0) is 4.79 Å². The van der Waals surface area contributed by atoms with Crippen LogP contribution >= 0.6 is 0 Å². The molecule has 0 amide bonds. The average molecular weight is 413 g/mol. The van der Waals surface area contributed by atoms with Crippen LogP contribution in [0.25, 0.3) is 0 Å². The summed E-state index contributed by atoms with van der Waals surface area (Å²) in [6.45, 7) is 15.0. The Morgan fingerprint density at radius 2 is 1.77 bits per heavy atom. The minimum atomic E-state index is 0.285. The number of hydrogen-bond acceptors (Lipinski definition) is 1. The first-order chi connectivity index (χ1) is 14.2. The van der Waals surface area contributed by atoms with Crippen molar-refractivity contribution in [1.29, 1.82) is 0 Å². The quantitative estimate of drug-likeness (QED) is 0.431. The standard InChI is InChI=1S/C29H48O/c1-7-21(19(2)3)9-8-20(4)25-12-13-26-24-11-10-22-18-23(30)14-16-28(22,5)27(24)15-17-29(25,26)6/h14,16,19-22,24-27H,7-13,15,17-18H2,1-6H3/t20-,21-,22?,24+,25-,26+,27+,28+,29-/m1/s1. The number of allylic oxidation sites excluding steroid dienone is 2. The van der Waals surface area contributed by atoms with Crippen molar-refractivity contribution in [2.75, 3.05) is 0 Å². The van der Waals surface area contributed by atoms with E-state index in [0.29, 0.717) is 17.1 Å². The van der Waals surface area contributed by atoms with Gasteiger partial charge in [0.1, 0.15) is 0 Å². The molecule has 9 atom stereocenters. The lowest BCUT2D eigenvalue weighted by molar-refractivity contribution is -0.122. The van der Waals surface area contributed by atoms with Crippen molar-refractivity contribution >= 4 is 5.78 Å². The summed E-state index contributed by atoms with van der Waals surface area (Å²) in [5, 5.41) is 0. The first-order valence-electron chi connectivity index (χ1n) is 13.4. The van der Waals surface area contributed by atoms with Gasteiger partial charge in [0.25, 0.3) is 0 Å². The molecule has 1 nitrogen and oxygen atoms in total. The Bertz CT molecular complexity index is 661. The van der Waals surface area contributed by atoms with E-state index in [1.54, 1.807) is 0 Å². The van der Waals surface area contributed by atoms with Crippen LogP contribution in [0.4, 0.5) is 0 Å². The smallest absolute Gasteiger partial charge is 0.155 e. The molecule has 0 aromatic rings. The molecule has 4 rings (SSSR count). The molecule has 1 heteroatoms. The van der Waals surface area contributed by atoms with Gasteiger partial charge in [-0.05, 0) is 109 Å². The molecule has 4 aliphatic rings. The Kier molecular flexibility index (Phi) is 6.33. The van der Waals surface area contributed by atoms with Gasteiger partial charge < -0.3 is 0 Å². The van der Waals surface area contributed by atoms with Crippen molar-refractivity contribution < 1.29 is 4.79 Å². The van der Waals surface area contributed by atoms with Gasteiger partial charge in [0, 0.05) is 6.42 Å². The third-order valence-electron chi connectivity index (χ3n) is 11.3. The van der Waals surface area contributed by atoms with E-state index in [-0.39, 0.29) is 5.41 Å². The Morgan fingerprint density at radius 3 is 2.47 bits per heavy atom. The van der Waals surface area contributed by atoms with Crippen LogP contribution in [0.3, 0.4) is 0 Å². The monoisotopic (exact) mass is 412 g/mol. The zero-order valence-electron chi connectivity index (χ0n) is 20.8. The lowest BCUT2D eigenvalue weighted by atomic mass is 9.45. The van der Waals surface area contributed by atoms with Crippen LogP contribution in [-0.4, -0.2) is 5.78 Å². The molecule has 0 aliphatic heterocycles.